The number of aldehydes is 2. The molecule has 3 rings (SSSR count). The number of hydrogen-bond acceptors (Lipinski definition) is 5. The van der Waals surface area contributed by atoms with Crippen LogP contribution in [-0.4, -0.2) is 17.7 Å². The first-order valence-corrected chi connectivity index (χ1v) is 7.02. The van der Waals surface area contributed by atoms with Gasteiger partial charge in [0.15, 0.2) is 12.5 Å². The zero-order chi connectivity index (χ0) is 16.1. The summed E-state index contributed by atoms with van der Waals surface area (Å²) in [7, 11) is 0. The lowest BCUT2D eigenvalue weighted by molar-refractivity contribution is 0.112. The Hall–Kier alpha value is -2.82. The lowest BCUT2D eigenvalue weighted by atomic mass is 10.0. The van der Waals surface area contributed by atoms with Crippen LogP contribution in [0.5, 0.6) is 11.5 Å². The summed E-state index contributed by atoms with van der Waals surface area (Å²) in [5.41, 5.74) is 1.51. The van der Waals surface area contributed by atoms with E-state index < -0.39 is 6.23 Å². The molecule has 1 aliphatic rings. The second kappa shape index (κ2) is 6.76. The molecule has 0 aliphatic carbocycles. The highest BCUT2D eigenvalue weighted by atomic mass is 16.5. The third-order valence-electron chi connectivity index (χ3n) is 3.16. The first-order valence-electron chi connectivity index (χ1n) is 7.02. The molecule has 0 fully saturated rings. The minimum Gasteiger partial charge on any atom is -0.507 e. The van der Waals surface area contributed by atoms with E-state index in [-0.39, 0.29) is 11.3 Å². The van der Waals surface area contributed by atoms with Crippen molar-refractivity contribution in [3.8, 4) is 11.5 Å². The molecule has 0 radical (unpaired) electrons. The number of phenolic OH excluding ortho intramolecular Hbond substituents is 1. The molecule has 0 spiro atoms. The SMILES string of the molecule is CC.O=Cc1cc(C=O)c(O)c(C2Nc3ccccc3O2)c1. The molecule has 1 heterocycles. The van der Waals surface area contributed by atoms with Gasteiger partial charge in [-0.05, 0) is 24.3 Å². The molecule has 0 bridgehead atoms. The van der Waals surface area contributed by atoms with Crippen molar-refractivity contribution in [1.29, 1.82) is 0 Å². The fraction of sp³-hybridized carbons (Fsp3) is 0.176. The highest BCUT2D eigenvalue weighted by molar-refractivity contribution is 5.86. The van der Waals surface area contributed by atoms with Crippen LogP contribution < -0.4 is 10.1 Å². The van der Waals surface area contributed by atoms with E-state index in [1.165, 1.54) is 12.1 Å². The zero-order valence-corrected chi connectivity index (χ0v) is 12.4. The van der Waals surface area contributed by atoms with Crippen LogP contribution >= 0.6 is 0 Å². The number of carbonyl (C=O) groups excluding carboxylic acids is 2. The maximum atomic E-state index is 10.9. The van der Waals surface area contributed by atoms with E-state index in [1.807, 2.05) is 32.0 Å². The molecule has 5 nitrogen and oxygen atoms in total. The molecule has 0 amide bonds. The number of nitrogens with one attached hydrogen (secondary N) is 1. The maximum absolute atomic E-state index is 10.9. The van der Waals surface area contributed by atoms with Crippen LogP contribution in [0.25, 0.3) is 0 Å². The summed E-state index contributed by atoms with van der Waals surface area (Å²) in [5, 5.41) is 13.2. The van der Waals surface area contributed by atoms with Crippen molar-refractivity contribution in [3.05, 3.63) is 53.1 Å². The van der Waals surface area contributed by atoms with Crippen molar-refractivity contribution in [2.75, 3.05) is 5.32 Å². The molecule has 1 aliphatic heterocycles. The van der Waals surface area contributed by atoms with Gasteiger partial charge in [0.2, 0.25) is 0 Å². The summed E-state index contributed by atoms with van der Waals surface area (Å²) in [4.78, 5) is 21.9. The van der Waals surface area contributed by atoms with E-state index in [0.29, 0.717) is 29.4 Å². The lowest BCUT2D eigenvalue weighted by Crippen LogP contribution is -2.11. The van der Waals surface area contributed by atoms with Crippen LogP contribution in [-0.2, 0) is 0 Å². The largest absolute Gasteiger partial charge is 0.507 e. The number of carbonyl (C=O) groups is 2. The Kier molecular flexibility index (Phi) is 4.78. The molecule has 1 atom stereocenters. The fourth-order valence-corrected chi connectivity index (χ4v) is 2.19. The third kappa shape index (κ3) is 2.79. The lowest BCUT2D eigenvalue weighted by Gasteiger charge is -2.15. The number of rotatable bonds is 3. The average Bonchev–Trinajstić information content (AvgIpc) is 3.00. The summed E-state index contributed by atoms with van der Waals surface area (Å²) in [6.45, 7) is 4.00. The van der Waals surface area contributed by atoms with Gasteiger partial charge in [0.05, 0.1) is 16.8 Å². The van der Waals surface area contributed by atoms with Crippen molar-refractivity contribution < 1.29 is 19.4 Å². The molecular weight excluding hydrogens is 282 g/mol. The predicted octanol–water partition coefficient (Wildman–Crippen LogP) is 3.55. The predicted molar refractivity (Wildman–Crippen MR) is 83.7 cm³/mol. The smallest absolute Gasteiger partial charge is 0.200 e. The summed E-state index contributed by atoms with van der Waals surface area (Å²) >= 11 is 0. The molecule has 114 valence electrons. The molecular formula is C17H17NO4. The quantitative estimate of drug-likeness (QED) is 0.848. The van der Waals surface area contributed by atoms with Gasteiger partial charge in [-0.25, -0.2) is 0 Å². The highest BCUT2D eigenvalue weighted by Gasteiger charge is 2.26. The number of ether oxygens (including phenoxy) is 1. The molecule has 0 saturated carbocycles. The molecule has 2 aromatic rings. The minimum absolute atomic E-state index is 0.0611. The van der Waals surface area contributed by atoms with E-state index in [4.69, 9.17) is 4.74 Å². The van der Waals surface area contributed by atoms with Crippen LogP contribution in [0.1, 0.15) is 46.4 Å². The number of anilines is 1. The second-order valence-electron chi connectivity index (χ2n) is 4.42. The maximum Gasteiger partial charge on any atom is 0.200 e. The highest BCUT2D eigenvalue weighted by Crippen LogP contribution is 2.40. The van der Waals surface area contributed by atoms with Gasteiger partial charge in [0, 0.05) is 5.56 Å². The standard InChI is InChI=1S/C15H11NO4.C2H6/c17-7-9-5-10(8-18)14(19)11(6-9)15-16-12-3-1-2-4-13(12)20-15;1-2/h1-8,15-16,19H;1-2H3. The topological polar surface area (TPSA) is 75.6 Å². The second-order valence-corrected chi connectivity index (χ2v) is 4.42. The number of para-hydroxylation sites is 2. The Bertz CT molecular complexity index is 672. The van der Waals surface area contributed by atoms with E-state index in [2.05, 4.69) is 5.32 Å². The van der Waals surface area contributed by atoms with E-state index in [9.17, 15) is 14.7 Å². The first kappa shape index (κ1) is 15.6. The molecule has 1 unspecified atom stereocenters. The third-order valence-corrected chi connectivity index (χ3v) is 3.16. The van der Waals surface area contributed by atoms with Crippen LogP contribution in [0.2, 0.25) is 0 Å². The summed E-state index contributed by atoms with van der Waals surface area (Å²) < 4.78 is 5.67. The van der Waals surface area contributed by atoms with Gasteiger partial charge >= 0.3 is 0 Å². The van der Waals surface area contributed by atoms with Crippen molar-refractivity contribution in [2.24, 2.45) is 0 Å². The first-order chi connectivity index (χ1) is 10.7. The number of phenols is 1. The Labute approximate surface area is 128 Å². The van der Waals surface area contributed by atoms with Gasteiger partial charge in [-0.3, -0.25) is 9.59 Å². The fourth-order valence-electron chi connectivity index (χ4n) is 2.19. The van der Waals surface area contributed by atoms with Crippen LogP contribution in [0.4, 0.5) is 5.69 Å². The van der Waals surface area contributed by atoms with E-state index in [0.717, 1.165) is 5.69 Å². The molecule has 0 aromatic heterocycles. The Morgan fingerprint density at radius 3 is 2.50 bits per heavy atom. The van der Waals surface area contributed by atoms with Gasteiger partial charge in [-0.15, -0.1) is 0 Å². The van der Waals surface area contributed by atoms with Crippen molar-refractivity contribution in [3.63, 3.8) is 0 Å². The van der Waals surface area contributed by atoms with Gasteiger partial charge in [-0.1, -0.05) is 26.0 Å². The normalized spacial score (nSPS) is 14.7. The van der Waals surface area contributed by atoms with Gasteiger partial charge in [0.25, 0.3) is 0 Å². The van der Waals surface area contributed by atoms with Gasteiger partial charge in [-0.2, -0.15) is 0 Å². The summed E-state index contributed by atoms with van der Waals surface area (Å²) in [6, 6.07) is 10.2. The average molecular weight is 299 g/mol. The Morgan fingerprint density at radius 2 is 1.86 bits per heavy atom. The molecule has 0 saturated heterocycles. The van der Waals surface area contributed by atoms with Gasteiger partial charge in [0.1, 0.15) is 17.8 Å². The van der Waals surface area contributed by atoms with Gasteiger partial charge < -0.3 is 15.2 Å². The van der Waals surface area contributed by atoms with E-state index >= 15 is 0 Å². The Morgan fingerprint density at radius 1 is 1.14 bits per heavy atom. The van der Waals surface area contributed by atoms with Crippen LogP contribution in [0.3, 0.4) is 0 Å². The Balaban J connectivity index is 0.000000847. The van der Waals surface area contributed by atoms with Crippen LogP contribution in [0.15, 0.2) is 36.4 Å². The minimum atomic E-state index is -0.633. The molecule has 2 N–H and O–H groups in total. The van der Waals surface area contributed by atoms with Crippen molar-refractivity contribution in [1.82, 2.24) is 0 Å². The molecule has 2 aromatic carbocycles. The van der Waals surface area contributed by atoms with E-state index in [1.54, 1.807) is 6.07 Å². The monoisotopic (exact) mass is 299 g/mol. The summed E-state index contributed by atoms with van der Waals surface area (Å²) in [5.74, 6) is 0.469. The number of fused-ring (bicyclic) bond motifs is 1. The molecule has 5 heteroatoms. The summed E-state index contributed by atoms with van der Waals surface area (Å²) in [6.07, 6.45) is 0.498. The van der Waals surface area contributed by atoms with Crippen molar-refractivity contribution >= 4 is 18.3 Å². The zero-order valence-electron chi connectivity index (χ0n) is 12.4. The molecule has 22 heavy (non-hydrogen) atoms. The number of benzene rings is 2. The number of aromatic hydroxyl groups is 1. The van der Waals surface area contributed by atoms with Crippen LogP contribution in [0, 0.1) is 0 Å². The van der Waals surface area contributed by atoms with Crippen molar-refractivity contribution in [2.45, 2.75) is 20.1 Å². The number of hydrogen-bond donors (Lipinski definition) is 2.